The molecule has 2 aromatic carbocycles. The fourth-order valence-electron chi connectivity index (χ4n) is 4.35. The van der Waals surface area contributed by atoms with Crippen LogP contribution in [-0.4, -0.2) is 61.2 Å². The van der Waals surface area contributed by atoms with Crippen LogP contribution in [0.1, 0.15) is 28.8 Å². The first-order valence-corrected chi connectivity index (χ1v) is 12.0. The fraction of sp³-hybridized carbons (Fsp3) is 0.400. The summed E-state index contributed by atoms with van der Waals surface area (Å²) in [4.78, 5) is 17.3. The zero-order valence-electron chi connectivity index (χ0n) is 17.7. The summed E-state index contributed by atoms with van der Waals surface area (Å²) in [6.07, 6.45) is 2.37. The maximum atomic E-state index is 12.9. The van der Waals surface area contributed by atoms with Gasteiger partial charge in [0.2, 0.25) is 0 Å². The molecule has 1 amide bonds. The van der Waals surface area contributed by atoms with Crippen LogP contribution >= 0.6 is 11.3 Å². The summed E-state index contributed by atoms with van der Waals surface area (Å²) in [7, 11) is 0. The van der Waals surface area contributed by atoms with Crippen molar-refractivity contribution in [3.63, 3.8) is 0 Å². The monoisotopic (exact) mass is 436 g/mol. The van der Waals surface area contributed by atoms with Crippen molar-refractivity contribution in [2.75, 3.05) is 39.4 Å². The molecule has 2 saturated heterocycles. The van der Waals surface area contributed by atoms with Crippen molar-refractivity contribution in [2.24, 2.45) is 0 Å². The smallest absolute Gasteiger partial charge is 0.253 e. The van der Waals surface area contributed by atoms with Crippen molar-refractivity contribution in [1.82, 2.24) is 9.80 Å². The first-order chi connectivity index (χ1) is 15.3. The molecule has 5 rings (SSSR count). The van der Waals surface area contributed by atoms with Crippen molar-refractivity contribution in [3.05, 3.63) is 65.0 Å². The molecular weight excluding hydrogens is 408 g/mol. The zero-order valence-corrected chi connectivity index (χ0v) is 18.5. The maximum Gasteiger partial charge on any atom is 0.253 e. The third-order valence-electron chi connectivity index (χ3n) is 6.18. The molecule has 2 fully saturated rings. The topological polar surface area (TPSA) is 42.0 Å². The standard InChI is InChI=1S/C25H28N2O3S/c28-25(19-7-9-21(10-8-19)30-17-22-4-3-15-29-22)27-13-11-26(12-14-27)16-20-18-31-24-6-2-1-5-23(20)24/h1-2,5-10,18,22H,3-4,11-17H2. The molecular formula is C25H28N2O3S. The maximum absolute atomic E-state index is 12.9. The van der Waals surface area contributed by atoms with Crippen LogP contribution in [0.15, 0.2) is 53.9 Å². The Morgan fingerprint density at radius 3 is 2.65 bits per heavy atom. The lowest BCUT2D eigenvalue weighted by Gasteiger charge is -2.34. The van der Waals surface area contributed by atoms with Crippen LogP contribution in [0.25, 0.3) is 10.1 Å². The summed E-state index contributed by atoms with van der Waals surface area (Å²) in [6.45, 7) is 5.68. The summed E-state index contributed by atoms with van der Waals surface area (Å²) in [5.41, 5.74) is 2.11. The van der Waals surface area contributed by atoms with Gasteiger partial charge >= 0.3 is 0 Å². The zero-order chi connectivity index (χ0) is 21.0. The van der Waals surface area contributed by atoms with Gasteiger partial charge in [-0.2, -0.15) is 0 Å². The van der Waals surface area contributed by atoms with E-state index in [1.807, 2.05) is 40.5 Å². The number of amides is 1. The van der Waals surface area contributed by atoms with E-state index in [1.165, 1.54) is 15.6 Å². The van der Waals surface area contributed by atoms with Crippen LogP contribution in [0.2, 0.25) is 0 Å². The SMILES string of the molecule is O=C(c1ccc(OCC2CCCO2)cc1)N1CCN(Cc2csc3ccccc23)CC1. The first-order valence-electron chi connectivity index (χ1n) is 11.1. The number of thiophene rings is 1. The summed E-state index contributed by atoms with van der Waals surface area (Å²) in [5, 5.41) is 3.62. The molecule has 0 spiro atoms. The molecule has 162 valence electrons. The molecule has 2 aliphatic rings. The van der Waals surface area contributed by atoms with Gasteiger partial charge in [0, 0.05) is 49.6 Å². The Kier molecular flexibility index (Phi) is 6.20. The highest BCUT2D eigenvalue weighted by molar-refractivity contribution is 7.17. The van der Waals surface area contributed by atoms with Crippen molar-refractivity contribution in [3.8, 4) is 5.75 Å². The quantitative estimate of drug-likeness (QED) is 0.574. The number of nitrogens with zero attached hydrogens (tertiary/aromatic N) is 2. The van der Waals surface area contributed by atoms with Gasteiger partial charge in [0.15, 0.2) is 0 Å². The number of carbonyl (C=O) groups is 1. The summed E-state index contributed by atoms with van der Waals surface area (Å²) in [6, 6.07) is 16.1. The molecule has 1 atom stereocenters. The third-order valence-corrected chi connectivity index (χ3v) is 7.19. The van der Waals surface area contributed by atoms with Crippen LogP contribution in [0.3, 0.4) is 0 Å². The van der Waals surface area contributed by atoms with E-state index >= 15 is 0 Å². The highest BCUT2D eigenvalue weighted by Gasteiger charge is 2.23. The van der Waals surface area contributed by atoms with E-state index < -0.39 is 0 Å². The fourth-order valence-corrected chi connectivity index (χ4v) is 5.30. The molecule has 3 aromatic rings. The molecule has 1 aromatic heterocycles. The largest absolute Gasteiger partial charge is 0.491 e. The Bertz CT molecular complexity index is 1020. The van der Waals surface area contributed by atoms with Gasteiger partial charge in [0.05, 0.1) is 6.10 Å². The number of rotatable bonds is 6. The molecule has 2 aliphatic heterocycles. The van der Waals surface area contributed by atoms with Gasteiger partial charge in [0.1, 0.15) is 12.4 Å². The van der Waals surface area contributed by atoms with Gasteiger partial charge in [-0.1, -0.05) is 18.2 Å². The number of hydrogen-bond donors (Lipinski definition) is 0. The minimum Gasteiger partial charge on any atom is -0.491 e. The van der Waals surface area contributed by atoms with Crippen molar-refractivity contribution < 1.29 is 14.3 Å². The minimum atomic E-state index is 0.103. The molecule has 6 heteroatoms. The van der Waals surface area contributed by atoms with Gasteiger partial charge in [-0.05, 0) is 59.5 Å². The molecule has 31 heavy (non-hydrogen) atoms. The number of fused-ring (bicyclic) bond motifs is 1. The average molecular weight is 437 g/mol. The first kappa shape index (κ1) is 20.5. The van der Waals surface area contributed by atoms with E-state index in [2.05, 4.69) is 34.5 Å². The summed E-state index contributed by atoms with van der Waals surface area (Å²) >= 11 is 1.81. The van der Waals surface area contributed by atoms with Crippen LogP contribution in [-0.2, 0) is 11.3 Å². The van der Waals surface area contributed by atoms with Crippen LogP contribution < -0.4 is 4.74 Å². The van der Waals surface area contributed by atoms with E-state index in [-0.39, 0.29) is 12.0 Å². The second-order valence-electron chi connectivity index (χ2n) is 8.30. The predicted molar refractivity (Wildman–Crippen MR) is 124 cm³/mol. The number of benzene rings is 2. The number of hydrogen-bond acceptors (Lipinski definition) is 5. The number of piperazine rings is 1. The Labute approximate surface area is 187 Å². The Hall–Kier alpha value is -2.41. The molecule has 5 nitrogen and oxygen atoms in total. The molecule has 0 saturated carbocycles. The predicted octanol–water partition coefficient (Wildman–Crippen LogP) is 4.42. The highest BCUT2D eigenvalue weighted by Crippen LogP contribution is 2.27. The molecule has 0 bridgehead atoms. The average Bonchev–Trinajstić information content (AvgIpc) is 3.49. The third kappa shape index (κ3) is 4.76. The van der Waals surface area contributed by atoms with Crippen LogP contribution in [0, 0.1) is 0 Å². The van der Waals surface area contributed by atoms with Gasteiger partial charge in [-0.25, -0.2) is 0 Å². The van der Waals surface area contributed by atoms with E-state index in [4.69, 9.17) is 9.47 Å². The number of carbonyl (C=O) groups excluding carboxylic acids is 1. The Morgan fingerprint density at radius 2 is 1.87 bits per heavy atom. The minimum absolute atomic E-state index is 0.103. The summed E-state index contributed by atoms with van der Waals surface area (Å²) < 4.78 is 12.7. The molecule has 0 radical (unpaired) electrons. The van der Waals surface area contributed by atoms with E-state index in [0.717, 1.165) is 63.5 Å². The van der Waals surface area contributed by atoms with Crippen molar-refractivity contribution >= 4 is 27.3 Å². The van der Waals surface area contributed by atoms with E-state index in [1.54, 1.807) is 0 Å². The van der Waals surface area contributed by atoms with Gasteiger partial charge in [0.25, 0.3) is 5.91 Å². The van der Waals surface area contributed by atoms with Gasteiger partial charge in [-0.3, -0.25) is 9.69 Å². The lowest BCUT2D eigenvalue weighted by atomic mass is 10.1. The second-order valence-corrected chi connectivity index (χ2v) is 9.21. The van der Waals surface area contributed by atoms with E-state index in [0.29, 0.717) is 6.61 Å². The number of ether oxygens (including phenoxy) is 2. The molecule has 0 aliphatic carbocycles. The van der Waals surface area contributed by atoms with E-state index in [9.17, 15) is 4.79 Å². The van der Waals surface area contributed by atoms with Gasteiger partial charge in [-0.15, -0.1) is 11.3 Å². The van der Waals surface area contributed by atoms with Crippen LogP contribution in [0.4, 0.5) is 0 Å². The van der Waals surface area contributed by atoms with Crippen LogP contribution in [0.5, 0.6) is 5.75 Å². The second kappa shape index (κ2) is 9.39. The normalized spacial score (nSPS) is 19.7. The molecule has 3 heterocycles. The molecule has 0 N–H and O–H groups in total. The lowest BCUT2D eigenvalue weighted by molar-refractivity contribution is 0.0627. The molecule has 1 unspecified atom stereocenters. The highest BCUT2D eigenvalue weighted by atomic mass is 32.1. The van der Waals surface area contributed by atoms with Crippen molar-refractivity contribution in [1.29, 1.82) is 0 Å². The Balaban J connectivity index is 1.12. The van der Waals surface area contributed by atoms with Crippen molar-refractivity contribution in [2.45, 2.75) is 25.5 Å². The Morgan fingerprint density at radius 1 is 1.06 bits per heavy atom. The van der Waals surface area contributed by atoms with Gasteiger partial charge < -0.3 is 14.4 Å². The summed E-state index contributed by atoms with van der Waals surface area (Å²) in [5.74, 6) is 0.895. The lowest BCUT2D eigenvalue weighted by Crippen LogP contribution is -2.48.